The average molecular weight is 342 g/mol. The molecule has 0 unspecified atom stereocenters. The van der Waals surface area contributed by atoms with Crippen molar-refractivity contribution < 1.29 is 19.1 Å². The summed E-state index contributed by atoms with van der Waals surface area (Å²) < 4.78 is 10.3. The van der Waals surface area contributed by atoms with Gasteiger partial charge < -0.3 is 19.7 Å². The molecule has 0 saturated carbocycles. The largest absolute Gasteiger partial charge is 0.497 e. The predicted molar refractivity (Wildman–Crippen MR) is 96.3 cm³/mol. The summed E-state index contributed by atoms with van der Waals surface area (Å²) in [6.07, 6.45) is 0.328. The normalized spacial score (nSPS) is 10.1. The first kappa shape index (κ1) is 18.3. The Labute approximate surface area is 147 Å². The zero-order valence-electron chi connectivity index (χ0n) is 14.8. The number of carbonyl (C=O) groups excluding carboxylic acids is 2. The van der Waals surface area contributed by atoms with E-state index in [9.17, 15) is 9.59 Å². The van der Waals surface area contributed by atoms with E-state index in [1.54, 1.807) is 49.3 Å². The van der Waals surface area contributed by atoms with Gasteiger partial charge in [-0.1, -0.05) is 12.1 Å². The SMILES string of the molecule is COc1cc(OC)cc(C(=O)Nc2ccc(CC(=O)N(C)C)cc2)c1. The molecule has 132 valence electrons. The maximum absolute atomic E-state index is 12.4. The zero-order valence-corrected chi connectivity index (χ0v) is 14.8. The predicted octanol–water partition coefficient (Wildman–Crippen LogP) is 2.59. The molecule has 0 aliphatic heterocycles. The van der Waals surface area contributed by atoms with Crippen molar-refractivity contribution in [3.8, 4) is 11.5 Å². The zero-order chi connectivity index (χ0) is 18.4. The van der Waals surface area contributed by atoms with Crippen molar-refractivity contribution in [2.45, 2.75) is 6.42 Å². The molecule has 0 atom stereocenters. The Bertz CT molecular complexity index is 732. The van der Waals surface area contributed by atoms with Crippen LogP contribution < -0.4 is 14.8 Å². The van der Waals surface area contributed by atoms with Gasteiger partial charge in [0.1, 0.15) is 11.5 Å². The summed E-state index contributed by atoms with van der Waals surface area (Å²) in [5.41, 5.74) is 1.97. The molecule has 0 radical (unpaired) electrons. The van der Waals surface area contributed by atoms with E-state index in [4.69, 9.17) is 9.47 Å². The van der Waals surface area contributed by atoms with Gasteiger partial charge >= 0.3 is 0 Å². The van der Waals surface area contributed by atoms with Crippen LogP contribution in [0.2, 0.25) is 0 Å². The summed E-state index contributed by atoms with van der Waals surface area (Å²) >= 11 is 0. The van der Waals surface area contributed by atoms with Gasteiger partial charge in [0.05, 0.1) is 20.6 Å². The van der Waals surface area contributed by atoms with Crippen LogP contribution in [0.3, 0.4) is 0 Å². The lowest BCUT2D eigenvalue weighted by Crippen LogP contribution is -2.23. The van der Waals surface area contributed by atoms with Crippen LogP contribution in [0.25, 0.3) is 0 Å². The standard InChI is InChI=1S/C19H22N2O4/c1-21(2)18(22)9-13-5-7-15(8-6-13)20-19(23)14-10-16(24-3)12-17(11-14)25-4/h5-8,10-12H,9H2,1-4H3,(H,20,23). The van der Waals surface area contributed by atoms with Crippen molar-refractivity contribution in [1.82, 2.24) is 4.90 Å². The number of amides is 2. The molecule has 0 aliphatic rings. The quantitative estimate of drug-likeness (QED) is 0.876. The Morgan fingerprint density at radius 1 is 0.960 bits per heavy atom. The van der Waals surface area contributed by atoms with Crippen molar-refractivity contribution in [3.05, 3.63) is 53.6 Å². The molecule has 2 aromatic rings. The van der Waals surface area contributed by atoms with Crippen molar-refractivity contribution in [2.75, 3.05) is 33.6 Å². The van der Waals surface area contributed by atoms with E-state index in [1.807, 2.05) is 12.1 Å². The lowest BCUT2D eigenvalue weighted by atomic mass is 10.1. The molecule has 0 aromatic heterocycles. The summed E-state index contributed by atoms with van der Waals surface area (Å²) in [5, 5.41) is 2.82. The van der Waals surface area contributed by atoms with Crippen molar-refractivity contribution in [1.29, 1.82) is 0 Å². The lowest BCUT2D eigenvalue weighted by Gasteiger charge is -2.11. The van der Waals surface area contributed by atoms with E-state index >= 15 is 0 Å². The summed E-state index contributed by atoms with van der Waals surface area (Å²) in [6, 6.07) is 12.2. The smallest absolute Gasteiger partial charge is 0.255 e. The maximum atomic E-state index is 12.4. The van der Waals surface area contributed by atoms with Crippen LogP contribution in [0.5, 0.6) is 11.5 Å². The minimum atomic E-state index is -0.269. The minimum absolute atomic E-state index is 0.0280. The third kappa shape index (κ3) is 4.97. The molecule has 0 fully saturated rings. The first-order valence-corrected chi connectivity index (χ1v) is 7.76. The van der Waals surface area contributed by atoms with Crippen LogP contribution >= 0.6 is 0 Å². The van der Waals surface area contributed by atoms with Crippen LogP contribution in [0.15, 0.2) is 42.5 Å². The van der Waals surface area contributed by atoms with Gasteiger partial charge in [0.15, 0.2) is 0 Å². The fourth-order valence-electron chi connectivity index (χ4n) is 2.18. The molecule has 2 amide bonds. The number of rotatable bonds is 6. The number of methoxy groups -OCH3 is 2. The van der Waals surface area contributed by atoms with Gasteiger partial charge in [0.25, 0.3) is 5.91 Å². The summed E-state index contributed by atoms with van der Waals surface area (Å²) in [7, 11) is 6.51. The van der Waals surface area contributed by atoms with Crippen LogP contribution in [-0.4, -0.2) is 45.0 Å². The molecule has 0 aliphatic carbocycles. The number of likely N-dealkylation sites (N-methyl/N-ethyl adjacent to an activating group) is 1. The van der Waals surface area contributed by atoms with Crippen molar-refractivity contribution >= 4 is 17.5 Å². The van der Waals surface area contributed by atoms with E-state index in [0.29, 0.717) is 29.2 Å². The number of hydrogen-bond acceptors (Lipinski definition) is 4. The highest BCUT2D eigenvalue weighted by molar-refractivity contribution is 6.04. The Morgan fingerprint density at radius 2 is 1.52 bits per heavy atom. The van der Waals surface area contributed by atoms with Gasteiger partial charge in [-0.2, -0.15) is 0 Å². The maximum Gasteiger partial charge on any atom is 0.255 e. The monoisotopic (exact) mass is 342 g/mol. The number of carbonyl (C=O) groups is 2. The molecule has 0 bridgehead atoms. The Hall–Kier alpha value is -3.02. The van der Waals surface area contributed by atoms with Gasteiger partial charge in [-0.15, -0.1) is 0 Å². The second-order valence-electron chi connectivity index (χ2n) is 5.72. The van der Waals surface area contributed by atoms with Gasteiger partial charge in [-0.3, -0.25) is 9.59 Å². The Balaban J connectivity index is 2.09. The fourth-order valence-corrected chi connectivity index (χ4v) is 2.18. The third-order valence-corrected chi connectivity index (χ3v) is 3.68. The van der Waals surface area contributed by atoms with Gasteiger partial charge in [0.2, 0.25) is 5.91 Å². The fraction of sp³-hybridized carbons (Fsp3) is 0.263. The summed E-state index contributed by atoms with van der Waals surface area (Å²) in [5.74, 6) is 0.846. The van der Waals surface area contributed by atoms with Crippen molar-refractivity contribution in [2.24, 2.45) is 0 Å². The van der Waals surface area contributed by atoms with E-state index in [-0.39, 0.29) is 11.8 Å². The number of nitrogens with zero attached hydrogens (tertiary/aromatic N) is 1. The number of nitrogens with one attached hydrogen (secondary N) is 1. The molecule has 2 aromatic carbocycles. The molecule has 1 N–H and O–H groups in total. The molecule has 2 rings (SSSR count). The second-order valence-corrected chi connectivity index (χ2v) is 5.72. The Kier molecular flexibility index (Phi) is 6.00. The molecule has 6 heteroatoms. The average Bonchev–Trinajstić information content (AvgIpc) is 2.62. The minimum Gasteiger partial charge on any atom is -0.497 e. The van der Waals surface area contributed by atoms with E-state index in [0.717, 1.165) is 5.56 Å². The molecular formula is C19H22N2O4. The lowest BCUT2D eigenvalue weighted by molar-refractivity contribution is -0.127. The highest BCUT2D eigenvalue weighted by Gasteiger charge is 2.11. The van der Waals surface area contributed by atoms with E-state index in [2.05, 4.69) is 5.32 Å². The molecule has 0 heterocycles. The highest BCUT2D eigenvalue weighted by atomic mass is 16.5. The number of hydrogen-bond donors (Lipinski definition) is 1. The van der Waals surface area contributed by atoms with Gasteiger partial charge in [0, 0.05) is 31.4 Å². The number of benzene rings is 2. The van der Waals surface area contributed by atoms with E-state index in [1.165, 1.54) is 14.2 Å². The third-order valence-electron chi connectivity index (χ3n) is 3.68. The Morgan fingerprint density at radius 3 is 2.00 bits per heavy atom. The molecular weight excluding hydrogens is 320 g/mol. The number of anilines is 1. The summed E-state index contributed by atoms with van der Waals surface area (Å²) in [6.45, 7) is 0. The first-order chi connectivity index (χ1) is 11.9. The topological polar surface area (TPSA) is 67.9 Å². The van der Waals surface area contributed by atoms with Crippen LogP contribution in [0.1, 0.15) is 15.9 Å². The molecule has 0 spiro atoms. The van der Waals surface area contributed by atoms with Crippen LogP contribution in [-0.2, 0) is 11.2 Å². The van der Waals surface area contributed by atoms with Gasteiger partial charge in [-0.25, -0.2) is 0 Å². The number of ether oxygens (including phenoxy) is 2. The first-order valence-electron chi connectivity index (χ1n) is 7.76. The van der Waals surface area contributed by atoms with E-state index < -0.39 is 0 Å². The molecule has 6 nitrogen and oxygen atoms in total. The molecule has 25 heavy (non-hydrogen) atoms. The van der Waals surface area contributed by atoms with Crippen LogP contribution in [0, 0.1) is 0 Å². The highest BCUT2D eigenvalue weighted by Crippen LogP contribution is 2.23. The van der Waals surface area contributed by atoms with Crippen LogP contribution in [0.4, 0.5) is 5.69 Å². The van der Waals surface area contributed by atoms with Gasteiger partial charge in [-0.05, 0) is 29.8 Å². The second kappa shape index (κ2) is 8.19. The summed E-state index contributed by atoms with van der Waals surface area (Å²) in [4.78, 5) is 25.7. The van der Waals surface area contributed by atoms with Crippen molar-refractivity contribution in [3.63, 3.8) is 0 Å². The molecule has 0 saturated heterocycles.